The molecule has 4 nitrogen and oxygen atoms in total. The standard InChI is InChI=1S/C15H19N3O/c1-4-19-13-7-5-6-12(10-13)15(16-3)14-8-9-17-11(2)18-14/h5-10,15-16H,4H2,1-3H3. The molecule has 1 unspecified atom stereocenters. The van der Waals surface area contributed by atoms with Crippen LogP contribution in [0.2, 0.25) is 0 Å². The first-order valence-corrected chi connectivity index (χ1v) is 6.44. The van der Waals surface area contributed by atoms with Gasteiger partial charge in [0.05, 0.1) is 18.3 Å². The Bertz CT molecular complexity index is 542. The maximum absolute atomic E-state index is 5.54. The molecule has 0 radical (unpaired) electrons. The van der Waals surface area contributed by atoms with Gasteiger partial charge in [0.1, 0.15) is 11.6 Å². The zero-order valence-corrected chi connectivity index (χ0v) is 11.6. The lowest BCUT2D eigenvalue weighted by molar-refractivity contribution is 0.339. The fraction of sp³-hybridized carbons (Fsp3) is 0.333. The second-order valence-corrected chi connectivity index (χ2v) is 4.26. The number of hydrogen-bond donors (Lipinski definition) is 1. The first-order valence-electron chi connectivity index (χ1n) is 6.44. The van der Waals surface area contributed by atoms with E-state index < -0.39 is 0 Å². The summed E-state index contributed by atoms with van der Waals surface area (Å²) >= 11 is 0. The Morgan fingerprint density at radius 2 is 2.16 bits per heavy atom. The smallest absolute Gasteiger partial charge is 0.125 e. The third-order valence-corrected chi connectivity index (χ3v) is 2.88. The largest absolute Gasteiger partial charge is 0.494 e. The molecule has 0 spiro atoms. The summed E-state index contributed by atoms with van der Waals surface area (Å²) < 4.78 is 5.54. The molecule has 100 valence electrons. The molecule has 1 aromatic carbocycles. The van der Waals surface area contributed by atoms with Crippen LogP contribution < -0.4 is 10.1 Å². The lowest BCUT2D eigenvalue weighted by atomic mass is 10.0. The van der Waals surface area contributed by atoms with E-state index in [4.69, 9.17) is 4.74 Å². The zero-order valence-electron chi connectivity index (χ0n) is 11.6. The summed E-state index contributed by atoms with van der Waals surface area (Å²) in [5.41, 5.74) is 2.09. The molecule has 0 aliphatic rings. The lowest BCUT2D eigenvalue weighted by Gasteiger charge is -2.17. The first kappa shape index (κ1) is 13.5. The second-order valence-electron chi connectivity index (χ2n) is 4.26. The minimum atomic E-state index is 0.0436. The fourth-order valence-corrected chi connectivity index (χ4v) is 2.07. The number of nitrogens with zero attached hydrogens (tertiary/aromatic N) is 2. The van der Waals surface area contributed by atoms with Gasteiger partial charge in [0.15, 0.2) is 0 Å². The normalized spacial score (nSPS) is 12.2. The van der Waals surface area contributed by atoms with Gasteiger partial charge in [0, 0.05) is 6.20 Å². The third kappa shape index (κ3) is 3.29. The molecular weight excluding hydrogens is 238 g/mol. The maximum atomic E-state index is 5.54. The molecule has 0 amide bonds. The Labute approximate surface area is 113 Å². The van der Waals surface area contributed by atoms with Crippen LogP contribution in [0.1, 0.15) is 30.0 Å². The van der Waals surface area contributed by atoms with Crippen molar-refractivity contribution in [2.75, 3.05) is 13.7 Å². The van der Waals surface area contributed by atoms with Crippen molar-refractivity contribution >= 4 is 0 Å². The molecule has 0 aliphatic heterocycles. The molecule has 1 aromatic heterocycles. The summed E-state index contributed by atoms with van der Waals surface area (Å²) in [5.74, 6) is 1.66. The number of aryl methyl sites for hydroxylation is 1. The van der Waals surface area contributed by atoms with Crippen molar-refractivity contribution in [3.05, 3.63) is 53.6 Å². The molecule has 0 saturated heterocycles. The summed E-state index contributed by atoms with van der Waals surface area (Å²) in [6, 6.07) is 10.1. The highest BCUT2D eigenvalue weighted by Crippen LogP contribution is 2.23. The van der Waals surface area contributed by atoms with E-state index in [1.54, 1.807) is 6.20 Å². The zero-order chi connectivity index (χ0) is 13.7. The summed E-state index contributed by atoms with van der Waals surface area (Å²) in [6.07, 6.45) is 1.79. The molecule has 1 heterocycles. The predicted octanol–water partition coefficient (Wildman–Crippen LogP) is 2.49. The molecule has 0 aliphatic carbocycles. The van der Waals surface area contributed by atoms with Crippen LogP contribution in [-0.4, -0.2) is 23.6 Å². The number of rotatable bonds is 5. The Hall–Kier alpha value is -1.94. The molecule has 1 atom stereocenters. The number of aromatic nitrogens is 2. The van der Waals surface area contributed by atoms with Crippen LogP contribution in [0, 0.1) is 6.92 Å². The Morgan fingerprint density at radius 1 is 1.32 bits per heavy atom. The summed E-state index contributed by atoms with van der Waals surface area (Å²) in [5, 5.41) is 3.29. The highest BCUT2D eigenvalue weighted by molar-refractivity contribution is 5.34. The van der Waals surface area contributed by atoms with E-state index in [2.05, 4.69) is 21.4 Å². The maximum Gasteiger partial charge on any atom is 0.125 e. The predicted molar refractivity (Wildman–Crippen MR) is 75.3 cm³/mol. The molecule has 0 bridgehead atoms. The van der Waals surface area contributed by atoms with E-state index in [0.717, 1.165) is 22.8 Å². The van der Waals surface area contributed by atoms with Gasteiger partial charge in [-0.05, 0) is 44.7 Å². The van der Waals surface area contributed by atoms with E-state index in [0.29, 0.717) is 6.61 Å². The fourth-order valence-electron chi connectivity index (χ4n) is 2.07. The topological polar surface area (TPSA) is 47.0 Å². The summed E-state index contributed by atoms with van der Waals surface area (Å²) in [7, 11) is 1.93. The molecule has 1 N–H and O–H groups in total. The van der Waals surface area contributed by atoms with Gasteiger partial charge in [-0.3, -0.25) is 0 Å². The number of benzene rings is 1. The third-order valence-electron chi connectivity index (χ3n) is 2.88. The molecule has 2 aromatic rings. The Morgan fingerprint density at radius 3 is 2.84 bits per heavy atom. The average Bonchev–Trinajstić information content (AvgIpc) is 2.41. The van der Waals surface area contributed by atoms with Crippen LogP contribution >= 0.6 is 0 Å². The lowest BCUT2D eigenvalue weighted by Crippen LogP contribution is -2.19. The van der Waals surface area contributed by atoms with E-state index in [-0.39, 0.29) is 6.04 Å². The highest BCUT2D eigenvalue weighted by Gasteiger charge is 2.14. The van der Waals surface area contributed by atoms with Gasteiger partial charge in [-0.15, -0.1) is 0 Å². The van der Waals surface area contributed by atoms with Crippen LogP contribution in [0.15, 0.2) is 36.5 Å². The van der Waals surface area contributed by atoms with Crippen LogP contribution in [0.3, 0.4) is 0 Å². The quantitative estimate of drug-likeness (QED) is 0.894. The molecule has 4 heteroatoms. The van der Waals surface area contributed by atoms with Crippen molar-refractivity contribution in [2.24, 2.45) is 0 Å². The van der Waals surface area contributed by atoms with E-state index in [9.17, 15) is 0 Å². The number of hydrogen-bond acceptors (Lipinski definition) is 4. The van der Waals surface area contributed by atoms with Gasteiger partial charge in [-0.25, -0.2) is 9.97 Å². The highest BCUT2D eigenvalue weighted by atomic mass is 16.5. The average molecular weight is 257 g/mol. The summed E-state index contributed by atoms with van der Waals surface area (Å²) in [6.45, 7) is 4.54. The molecule has 19 heavy (non-hydrogen) atoms. The van der Waals surface area contributed by atoms with Gasteiger partial charge >= 0.3 is 0 Å². The van der Waals surface area contributed by atoms with Crippen LogP contribution in [0.5, 0.6) is 5.75 Å². The van der Waals surface area contributed by atoms with Gasteiger partial charge < -0.3 is 10.1 Å². The van der Waals surface area contributed by atoms with E-state index >= 15 is 0 Å². The second kappa shape index (κ2) is 6.29. The van der Waals surface area contributed by atoms with Crippen molar-refractivity contribution < 1.29 is 4.74 Å². The number of nitrogens with one attached hydrogen (secondary N) is 1. The van der Waals surface area contributed by atoms with Crippen molar-refractivity contribution in [2.45, 2.75) is 19.9 Å². The molecular formula is C15H19N3O. The van der Waals surface area contributed by atoms with Crippen LogP contribution in [-0.2, 0) is 0 Å². The van der Waals surface area contributed by atoms with Gasteiger partial charge in [0.25, 0.3) is 0 Å². The monoisotopic (exact) mass is 257 g/mol. The Balaban J connectivity index is 2.33. The van der Waals surface area contributed by atoms with Gasteiger partial charge in [-0.2, -0.15) is 0 Å². The van der Waals surface area contributed by atoms with Gasteiger partial charge in [0.2, 0.25) is 0 Å². The van der Waals surface area contributed by atoms with Crippen LogP contribution in [0.25, 0.3) is 0 Å². The van der Waals surface area contributed by atoms with Crippen molar-refractivity contribution in [3.63, 3.8) is 0 Å². The van der Waals surface area contributed by atoms with E-state index in [1.165, 1.54) is 0 Å². The summed E-state index contributed by atoms with van der Waals surface area (Å²) in [4.78, 5) is 8.62. The van der Waals surface area contributed by atoms with E-state index in [1.807, 2.05) is 45.2 Å². The van der Waals surface area contributed by atoms with Crippen molar-refractivity contribution in [3.8, 4) is 5.75 Å². The first-order chi connectivity index (χ1) is 9.24. The Kier molecular flexibility index (Phi) is 4.47. The molecule has 0 saturated carbocycles. The van der Waals surface area contributed by atoms with Gasteiger partial charge in [-0.1, -0.05) is 12.1 Å². The van der Waals surface area contributed by atoms with Crippen molar-refractivity contribution in [1.29, 1.82) is 0 Å². The van der Waals surface area contributed by atoms with Crippen molar-refractivity contribution in [1.82, 2.24) is 15.3 Å². The SMILES string of the molecule is CCOc1cccc(C(NC)c2ccnc(C)n2)c1. The minimum absolute atomic E-state index is 0.0436. The molecule has 0 fully saturated rings. The molecule has 2 rings (SSSR count). The number of ether oxygens (including phenoxy) is 1. The van der Waals surface area contributed by atoms with Crippen LogP contribution in [0.4, 0.5) is 0 Å². The minimum Gasteiger partial charge on any atom is -0.494 e.